The van der Waals surface area contributed by atoms with Gasteiger partial charge in [0.1, 0.15) is 0 Å². The van der Waals surface area contributed by atoms with Gasteiger partial charge in [0.05, 0.1) is 18.3 Å². The molecule has 0 aliphatic heterocycles. The number of ether oxygens (including phenoxy) is 1. The van der Waals surface area contributed by atoms with Crippen molar-refractivity contribution in [1.29, 1.82) is 0 Å². The van der Waals surface area contributed by atoms with Gasteiger partial charge in [0.2, 0.25) is 0 Å². The number of aliphatic hydroxyl groups is 2. The van der Waals surface area contributed by atoms with E-state index in [9.17, 15) is 10.2 Å². The number of hydrogen-bond acceptors (Lipinski definition) is 4. The third-order valence-electron chi connectivity index (χ3n) is 3.57. The molecule has 1 fully saturated rings. The molecular weight excluding hydrogens is 230 g/mol. The van der Waals surface area contributed by atoms with Gasteiger partial charge in [-0.25, -0.2) is 0 Å². The fraction of sp³-hybridized carbons (Fsp3) is 1.00. The lowest BCUT2D eigenvalue weighted by atomic mass is 9.85. The Bertz CT molecular complexity index is 205. The average Bonchev–Trinajstić information content (AvgIpc) is 2.35. The minimum absolute atomic E-state index is 0.380. The Labute approximate surface area is 111 Å². The molecule has 1 saturated carbocycles. The van der Waals surface area contributed by atoms with Crippen molar-refractivity contribution >= 4 is 0 Å². The molecule has 4 nitrogen and oxygen atoms in total. The Hall–Kier alpha value is -0.160. The van der Waals surface area contributed by atoms with E-state index >= 15 is 0 Å². The summed E-state index contributed by atoms with van der Waals surface area (Å²) in [6, 6.07) is 0. The second-order valence-corrected chi connectivity index (χ2v) is 5.50. The maximum atomic E-state index is 10.3. The molecule has 1 unspecified atom stereocenters. The second kappa shape index (κ2) is 8.86. The molecule has 4 heteroatoms. The fourth-order valence-electron chi connectivity index (χ4n) is 2.38. The Morgan fingerprint density at radius 2 is 2.00 bits per heavy atom. The summed E-state index contributed by atoms with van der Waals surface area (Å²) >= 11 is 0. The first-order chi connectivity index (χ1) is 8.66. The predicted molar refractivity (Wildman–Crippen MR) is 72.6 cm³/mol. The Balaban J connectivity index is 2.02. The Morgan fingerprint density at radius 3 is 2.67 bits per heavy atom. The van der Waals surface area contributed by atoms with Gasteiger partial charge in [-0.2, -0.15) is 0 Å². The molecule has 108 valence electrons. The lowest BCUT2D eigenvalue weighted by Gasteiger charge is -2.32. The van der Waals surface area contributed by atoms with Gasteiger partial charge >= 0.3 is 0 Å². The first-order valence-electron chi connectivity index (χ1n) is 7.35. The zero-order valence-electron chi connectivity index (χ0n) is 11.7. The number of rotatable bonds is 9. The third-order valence-corrected chi connectivity index (χ3v) is 3.57. The van der Waals surface area contributed by atoms with E-state index in [1.54, 1.807) is 0 Å². The summed E-state index contributed by atoms with van der Waals surface area (Å²) in [6.45, 7) is 4.29. The van der Waals surface area contributed by atoms with Crippen LogP contribution in [-0.4, -0.2) is 48.2 Å². The standard InChI is InChI=1S/C14H29NO3/c1-2-3-9-18-11-13(16)10-15-12-14(17)7-5-4-6-8-14/h13,15-17H,2-12H2,1H3. The van der Waals surface area contributed by atoms with E-state index in [1.165, 1.54) is 6.42 Å². The zero-order chi connectivity index (χ0) is 13.3. The van der Waals surface area contributed by atoms with Gasteiger partial charge in [-0.15, -0.1) is 0 Å². The van der Waals surface area contributed by atoms with Crippen LogP contribution in [0.15, 0.2) is 0 Å². The average molecular weight is 259 g/mol. The SMILES string of the molecule is CCCCOCC(O)CNCC1(O)CCCCC1. The molecular formula is C14H29NO3. The summed E-state index contributed by atoms with van der Waals surface area (Å²) in [5, 5.41) is 23.1. The fourth-order valence-corrected chi connectivity index (χ4v) is 2.38. The summed E-state index contributed by atoms with van der Waals surface area (Å²) in [4.78, 5) is 0. The van der Waals surface area contributed by atoms with Crippen molar-refractivity contribution in [3.05, 3.63) is 0 Å². The van der Waals surface area contributed by atoms with Crippen LogP contribution in [0, 0.1) is 0 Å². The Morgan fingerprint density at radius 1 is 1.28 bits per heavy atom. The van der Waals surface area contributed by atoms with Gasteiger partial charge in [-0.05, 0) is 19.3 Å². The lowest BCUT2D eigenvalue weighted by molar-refractivity contribution is -0.00272. The quantitative estimate of drug-likeness (QED) is 0.548. The molecule has 0 heterocycles. The number of unbranched alkanes of at least 4 members (excludes halogenated alkanes) is 1. The number of nitrogens with one attached hydrogen (secondary N) is 1. The van der Waals surface area contributed by atoms with Crippen LogP contribution in [0.25, 0.3) is 0 Å². The van der Waals surface area contributed by atoms with Gasteiger partial charge in [0.25, 0.3) is 0 Å². The van der Waals surface area contributed by atoms with Crippen molar-refractivity contribution in [2.24, 2.45) is 0 Å². The maximum absolute atomic E-state index is 10.3. The van der Waals surface area contributed by atoms with Crippen molar-refractivity contribution in [3.63, 3.8) is 0 Å². The van der Waals surface area contributed by atoms with Gasteiger partial charge in [-0.1, -0.05) is 32.6 Å². The second-order valence-electron chi connectivity index (χ2n) is 5.50. The number of hydrogen-bond donors (Lipinski definition) is 3. The van der Waals surface area contributed by atoms with Crippen LogP contribution >= 0.6 is 0 Å². The summed E-state index contributed by atoms with van der Waals surface area (Å²) in [5.41, 5.74) is -0.555. The van der Waals surface area contributed by atoms with Crippen LogP contribution in [0.5, 0.6) is 0 Å². The van der Waals surface area contributed by atoms with Crippen LogP contribution in [0.4, 0.5) is 0 Å². The molecule has 1 atom stereocenters. The number of aliphatic hydroxyl groups excluding tert-OH is 1. The highest BCUT2D eigenvalue weighted by atomic mass is 16.5. The van der Waals surface area contributed by atoms with Crippen LogP contribution < -0.4 is 5.32 Å². The topological polar surface area (TPSA) is 61.7 Å². The van der Waals surface area contributed by atoms with Gasteiger partial charge in [0.15, 0.2) is 0 Å². The highest BCUT2D eigenvalue weighted by molar-refractivity contribution is 4.84. The first-order valence-corrected chi connectivity index (χ1v) is 7.35. The molecule has 0 amide bonds. The van der Waals surface area contributed by atoms with E-state index in [0.29, 0.717) is 19.7 Å². The highest BCUT2D eigenvalue weighted by Crippen LogP contribution is 2.27. The minimum atomic E-state index is -0.555. The minimum Gasteiger partial charge on any atom is -0.389 e. The van der Waals surface area contributed by atoms with Crippen molar-refractivity contribution in [2.75, 3.05) is 26.3 Å². The van der Waals surface area contributed by atoms with Gasteiger partial charge in [0, 0.05) is 19.7 Å². The van der Waals surface area contributed by atoms with E-state index in [1.807, 2.05) is 0 Å². The van der Waals surface area contributed by atoms with E-state index in [0.717, 1.165) is 45.1 Å². The molecule has 0 aromatic heterocycles. The molecule has 18 heavy (non-hydrogen) atoms. The molecule has 3 N–H and O–H groups in total. The Kier molecular flexibility index (Phi) is 7.82. The van der Waals surface area contributed by atoms with Gasteiger partial charge in [-0.3, -0.25) is 0 Å². The molecule has 1 aliphatic carbocycles. The molecule has 1 rings (SSSR count). The van der Waals surface area contributed by atoms with Crippen LogP contribution in [0.1, 0.15) is 51.9 Å². The molecule has 0 spiro atoms. The molecule has 0 radical (unpaired) electrons. The predicted octanol–water partition coefficient (Wildman–Crippen LogP) is 1.45. The highest BCUT2D eigenvalue weighted by Gasteiger charge is 2.28. The molecule has 0 aromatic carbocycles. The molecule has 1 aliphatic rings. The lowest BCUT2D eigenvalue weighted by Crippen LogP contribution is -2.44. The molecule has 0 aromatic rings. The zero-order valence-corrected chi connectivity index (χ0v) is 11.7. The summed E-state index contributed by atoms with van der Waals surface area (Å²) in [7, 11) is 0. The van der Waals surface area contributed by atoms with Crippen molar-refractivity contribution in [1.82, 2.24) is 5.32 Å². The van der Waals surface area contributed by atoms with Crippen LogP contribution in [-0.2, 0) is 4.74 Å². The van der Waals surface area contributed by atoms with Crippen molar-refractivity contribution in [2.45, 2.75) is 63.6 Å². The van der Waals surface area contributed by atoms with Crippen molar-refractivity contribution < 1.29 is 14.9 Å². The maximum Gasteiger partial charge on any atom is 0.0897 e. The summed E-state index contributed by atoms with van der Waals surface area (Å²) in [6.07, 6.45) is 6.89. The molecule has 0 saturated heterocycles. The normalized spacial score (nSPS) is 20.8. The summed E-state index contributed by atoms with van der Waals surface area (Å²) < 4.78 is 5.35. The third kappa shape index (κ3) is 6.69. The van der Waals surface area contributed by atoms with Gasteiger partial charge < -0.3 is 20.3 Å². The smallest absolute Gasteiger partial charge is 0.0897 e. The van der Waals surface area contributed by atoms with E-state index in [4.69, 9.17) is 4.74 Å². The van der Waals surface area contributed by atoms with Crippen LogP contribution in [0.2, 0.25) is 0 Å². The monoisotopic (exact) mass is 259 g/mol. The summed E-state index contributed by atoms with van der Waals surface area (Å²) in [5.74, 6) is 0. The van der Waals surface area contributed by atoms with E-state index in [2.05, 4.69) is 12.2 Å². The molecule has 0 bridgehead atoms. The largest absolute Gasteiger partial charge is 0.389 e. The van der Waals surface area contributed by atoms with Crippen molar-refractivity contribution in [3.8, 4) is 0 Å². The van der Waals surface area contributed by atoms with Crippen LogP contribution in [0.3, 0.4) is 0 Å². The first kappa shape index (κ1) is 15.9. The van der Waals surface area contributed by atoms with E-state index < -0.39 is 11.7 Å². The van der Waals surface area contributed by atoms with E-state index in [-0.39, 0.29) is 0 Å².